The van der Waals surface area contributed by atoms with E-state index in [4.69, 9.17) is 4.74 Å². The summed E-state index contributed by atoms with van der Waals surface area (Å²) < 4.78 is 5.22. The number of amides is 2. The van der Waals surface area contributed by atoms with Crippen molar-refractivity contribution in [2.24, 2.45) is 10.9 Å². The second-order valence-corrected chi connectivity index (χ2v) is 9.34. The highest BCUT2D eigenvalue weighted by atomic mass is 32.2. The molecule has 0 radical (unpaired) electrons. The summed E-state index contributed by atoms with van der Waals surface area (Å²) in [6.45, 7) is 7.29. The molecule has 2 aliphatic rings. The lowest BCUT2D eigenvalue weighted by Gasteiger charge is -2.46. The summed E-state index contributed by atoms with van der Waals surface area (Å²) in [6.07, 6.45) is 3.24. The SMILES string of the molecule is CCC(=O)N(c1ccccc1)C1(C(=O)OC)CCN(CCN2CC(C)C(=O)N=C2SC)CC1. The molecule has 0 bridgehead atoms. The van der Waals surface area contributed by atoms with Crippen molar-refractivity contribution in [1.29, 1.82) is 0 Å². The Hall–Kier alpha value is -2.39. The van der Waals surface area contributed by atoms with E-state index in [0.29, 0.717) is 38.9 Å². The highest BCUT2D eigenvalue weighted by Gasteiger charge is 2.49. The first-order chi connectivity index (χ1) is 15.9. The summed E-state index contributed by atoms with van der Waals surface area (Å²) in [5.41, 5.74) is -0.298. The molecule has 180 valence electrons. The van der Waals surface area contributed by atoms with Gasteiger partial charge in [0.2, 0.25) is 5.91 Å². The molecule has 0 aromatic heterocycles. The maximum absolute atomic E-state index is 13.1. The maximum Gasteiger partial charge on any atom is 0.332 e. The number of anilines is 1. The third-order valence-electron chi connectivity index (χ3n) is 6.50. The summed E-state index contributed by atoms with van der Waals surface area (Å²) >= 11 is 1.49. The molecule has 1 saturated heterocycles. The number of piperidine rings is 1. The summed E-state index contributed by atoms with van der Waals surface area (Å²) in [5.74, 6) is -0.618. The van der Waals surface area contributed by atoms with Crippen molar-refractivity contribution < 1.29 is 19.1 Å². The lowest BCUT2D eigenvalue weighted by molar-refractivity contribution is -0.151. The number of hydrogen-bond acceptors (Lipinski definition) is 7. The minimum atomic E-state index is -1.02. The van der Waals surface area contributed by atoms with E-state index in [0.717, 1.165) is 23.9 Å². The molecule has 0 N–H and O–H groups in total. The van der Waals surface area contributed by atoms with E-state index in [1.807, 2.05) is 50.4 Å². The van der Waals surface area contributed by atoms with E-state index in [1.165, 1.54) is 18.9 Å². The zero-order valence-electron chi connectivity index (χ0n) is 20.0. The van der Waals surface area contributed by atoms with E-state index in [-0.39, 0.29) is 23.7 Å². The molecule has 9 heteroatoms. The summed E-state index contributed by atoms with van der Waals surface area (Å²) in [7, 11) is 1.39. The monoisotopic (exact) mass is 474 g/mol. The highest BCUT2D eigenvalue weighted by molar-refractivity contribution is 8.13. The second-order valence-electron chi connectivity index (χ2n) is 8.57. The van der Waals surface area contributed by atoms with Crippen LogP contribution in [0.1, 0.15) is 33.1 Å². The van der Waals surface area contributed by atoms with E-state index in [9.17, 15) is 14.4 Å². The van der Waals surface area contributed by atoms with Crippen molar-refractivity contribution >= 4 is 40.4 Å². The fourth-order valence-electron chi connectivity index (χ4n) is 4.61. The van der Waals surface area contributed by atoms with Gasteiger partial charge in [-0.25, -0.2) is 4.79 Å². The Labute approximate surface area is 200 Å². The first-order valence-corrected chi connectivity index (χ1v) is 12.7. The molecular formula is C24H34N4O4S. The lowest BCUT2D eigenvalue weighted by atomic mass is 9.84. The number of nitrogens with zero attached hydrogens (tertiary/aromatic N) is 4. The third-order valence-corrected chi connectivity index (χ3v) is 7.22. The molecule has 2 heterocycles. The topological polar surface area (TPSA) is 82.5 Å². The van der Waals surface area contributed by atoms with Crippen LogP contribution in [0.3, 0.4) is 0 Å². The van der Waals surface area contributed by atoms with Gasteiger partial charge >= 0.3 is 5.97 Å². The van der Waals surface area contributed by atoms with Gasteiger partial charge < -0.3 is 14.5 Å². The van der Waals surface area contributed by atoms with Crippen LogP contribution in [0.25, 0.3) is 0 Å². The normalized spacial score (nSPS) is 20.8. The van der Waals surface area contributed by atoms with Crippen LogP contribution in [-0.4, -0.2) is 84.4 Å². The van der Waals surface area contributed by atoms with Crippen LogP contribution in [0.15, 0.2) is 35.3 Å². The Bertz CT molecular complexity index is 884. The van der Waals surface area contributed by atoms with Gasteiger partial charge in [0.05, 0.1) is 13.0 Å². The average molecular weight is 475 g/mol. The number of carbonyl (C=O) groups excluding carboxylic acids is 3. The van der Waals surface area contributed by atoms with Gasteiger partial charge in [-0.15, -0.1) is 0 Å². The number of ether oxygens (including phenoxy) is 1. The predicted octanol–water partition coefficient (Wildman–Crippen LogP) is 2.63. The molecule has 33 heavy (non-hydrogen) atoms. The Morgan fingerprint density at radius 1 is 1.21 bits per heavy atom. The number of benzene rings is 1. The number of amidine groups is 1. The van der Waals surface area contributed by atoms with Crippen LogP contribution in [-0.2, 0) is 19.1 Å². The summed E-state index contributed by atoms with van der Waals surface area (Å²) in [4.78, 5) is 48.4. The zero-order valence-corrected chi connectivity index (χ0v) is 20.8. The van der Waals surface area contributed by atoms with E-state index in [2.05, 4.69) is 14.8 Å². The van der Waals surface area contributed by atoms with E-state index < -0.39 is 5.54 Å². The zero-order chi connectivity index (χ0) is 24.0. The molecule has 1 aromatic rings. The van der Waals surface area contributed by atoms with Gasteiger partial charge in [0.15, 0.2) is 5.17 Å². The molecule has 2 amide bonds. The first kappa shape index (κ1) is 25.2. The largest absolute Gasteiger partial charge is 0.467 e. The maximum atomic E-state index is 13.1. The molecule has 3 rings (SSSR count). The fourth-order valence-corrected chi connectivity index (χ4v) is 5.21. The van der Waals surface area contributed by atoms with Gasteiger partial charge in [-0.2, -0.15) is 4.99 Å². The van der Waals surface area contributed by atoms with Gasteiger partial charge in [0.1, 0.15) is 5.54 Å². The van der Waals surface area contributed by atoms with Crippen LogP contribution in [0.2, 0.25) is 0 Å². The van der Waals surface area contributed by atoms with Gasteiger partial charge in [0, 0.05) is 44.8 Å². The van der Waals surface area contributed by atoms with Crippen molar-refractivity contribution in [2.75, 3.05) is 51.0 Å². The van der Waals surface area contributed by atoms with Crippen LogP contribution in [0.4, 0.5) is 5.69 Å². The number of hydrogen-bond donors (Lipinski definition) is 0. The number of likely N-dealkylation sites (tertiary alicyclic amines) is 1. The third kappa shape index (κ3) is 5.41. The first-order valence-electron chi connectivity index (χ1n) is 11.5. The Morgan fingerprint density at radius 3 is 2.45 bits per heavy atom. The molecule has 8 nitrogen and oxygen atoms in total. The molecule has 1 unspecified atom stereocenters. The second kappa shape index (κ2) is 11.2. The van der Waals surface area contributed by atoms with Gasteiger partial charge in [-0.05, 0) is 31.2 Å². The number of aliphatic imine (C=N–C) groups is 1. The predicted molar refractivity (Wildman–Crippen MR) is 131 cm³/mol. The molecule has 1 atom stereocenters. The number of esters is 1. The number of methoxy groups -OCH3 is 1. The summed E-state index contributed by atoms with van der Waals surface area (Å²) in [5, 5.41) is 0.766. The molecule has 0 aliphatic carbocycles. The van der Waals surface area contributed by atoms with E-state index >= 15 is 0 Å². The van der Waals surface area contributed by atoms with Crippen LogP contribution >= 0.6 is 11.8 Å². The van der Waals surface area contributed by atoms with Crippen molar-refractivity contribution in [3.8, 4) is 0 Å². The fraction of sp³-hybridized carbons (Fsp3) is 0.583. The van der Waals surface area contributed by atoms with Crippen molar-refractivity contribution in [3.63, 3.8) is 0 Å². The number of carbonyl (C=O) groups is 3. The quantitative estimate of drug-likeness (QED) is 0.562. The van der Waals surface area contributed by atoms with Crippen LogP contribution < -0.4 is 4.90 Å². The molecule has 1 aromatic carbocycles. The summed E-state index contributed by atoms with van der Waals surface area (Å²) in [6, 6.07) is 9.38. The van der Waals surface area contributed by atoms with Crippen molar-refractivity contribution in [3.05, 3.63) is 30.3 Å². The molecule has 0 spiro atoms. The van der Waals surface area contributed by atoms with Crippen LogP contribution in [0, 0.1) is 5.92 Å². The Balaban J connectivity index is 1.74. The molecule has 1 fully saturated rings. The van der Waals surface area contributed by atoms with Crippen LogP contribution in [0.5, 0.6) is 0 Å². The smallest absolute Gasteiger partial charge is 0.332 e. The molecular weight excluding hydrogens is 440 g/mol. The molecule has 2 aliphatic heterocycles. The number of rotatable bonds is 7. The minimum Gasteiger partial charge on any atom is -0.467 e. The van der Waals surface area contributed by atoms with Gasteiger partial charge in [-0.1, -0.05) is 43.8 Å². The Morgan fingerprint density at radius 2 is 1.88 bits per heavy atom. The standard InChI is InChI=1S/C24H34N4O4S/c1-5-20(29)28(19-9-7-6-8-10-19)24(22(31)32-3)11-13-26(14-12-24)15-16-27-17-18(2)21(30)25-23(27)33-4/h6-10,18H,5,11-17H2,1-4H3. The van der Waals surface area contributed by atoms with E-state index in [1.54, 1.807) is 4.90 Å². The van der Waals surface area contributed by atoms with Crippen molar-refractivity contribution in [1.82, 2.24) is 9.80 Å². The van der Waals surface area contributed by atoms with Crippen molar-refractivity contribution in [2.45, 2.75) is 38.6 Å². The Kier molecular flexibility index (Phi) is 8.53. The van der Waals surface area contributed by atoms with Gasteiger partial charge in [0.25, 0.3) is 5.91 Å². The minimum absolute atomic E-state index is 0.0574. The number of thioether (sulfide) groups is 1. The number of para-hydroxylation sites is 1. The highest BCUT2D eigenvalue weighted by Crippen LogP contribution is 2.35. The molecule has 0 saturated carbocycles. The lowest BCUT2D eigenvalue weighted by Crippen LogP contribution is -2.63. The average Bonchev–Trinajstić information content (AvgIpc) is 2.85. The van der Waals surface area contributed by atoms with Gasteiger partial charge in [-0.3, -0.25) is 14.5 Å².